The van der Waals surface area contributed by atoms with Gasteiger partial charge in [-0.2, -0.15) is 0 Å². The van der Waals surface area contributed by atoms with E-state index >= 15 is 0 Å². The van der Waals surface area contributed by atoms with Crippen LogP contribution in [0.25, 0.3) is 155 Å². The average Bonchev–Trinajstić information content (AvgIpc) is 1.57. The Morgan fingerprint density at radius 1 is 0.156 bits per heavy atom. The number of para-hydroxylation sites is 8. The van der Waals surface area contributed by atoms with Gasteiger partial charge < -0.3 is 28.4 Å². The van der Waals surface area contributed by atoms with Crippen LogP contribution >= 0.6 is 0 Å². The predicted molar refractivity (Wildman–Crippen MR) is 538 cm³/mol. The molecule has 0 atom stereocenters. The first kappa shape index (κ1) is 75.7. The molecule has 2 N–H and O–H groups in total. The third-order valence-electron chi connectivity index (χ3n) is 25.3. The van der Waals surface area contributed by atoms with Crippen LogP contribution in [-0.4, -0.2) is 25.1 Å². The number of nitrogens with zero attached hydrogens (tertiary/aromatic N) is 6. The molecule has 0 bridgehead atoms. The first-order chi connectivity index (χ1) is 63.3. The van der Waals surface area contributed by atoms with E-state index in [1.807, 2.05) is 24.3 Å². The van der Waals surface area contributed by atoms with Crippen molar-refractivity contribution in [3.8, 4) is 83.8 Å². The van der Waals surface area contributed by atoms with Crippen LogP contribution in [0.15, 0.2) is 491 Å². The zero-order chi connectivity index (χ0) is 85.1. The average molecular weight is 1640 g/mol. The Labute approximate surface area is 742 Å². The highest BCUT2D eigenvalue weighted by Crippen LogP contribution is 2.45. The molecule has 602 valence electrons. The van der Waals surface area contributed by atoms with Crippen molar-refractivity contribution in [2.24, 2.45) is 0 Å². The quantitative estimate of drug-likeness (QED) is 0.0793. The van der Waals surface area contributed by atoms with E-state index in [1.165, 1.54) is 43.6 Å². The molecule has 0 amide bonds. The molecule has 23 rings (SSSR count). The molecule has 3 heterocycles. The molecule has 0 saturated heterocycles. The number of hydrogen-bond donors (Lipinski definition) is 2. The fourth-order valence-electron chi connectivity index (χ4n) is 19.1. The van der Waals surface area contributed by atoms with Crippen LogP contribution in [0.3, 0.4) is 0 Å². The highest BCUT2D eigenvalue weighted by atomic mass is 15.2. The monoisotopic (exact) mass is 1630 g/mol. The Balaban J connectivity index is 0.577. The van der Waals surface area contributed by atoms with E-state index < -0.39 is 0 Å². The smallest absolute Gasteiger partial charge is 0.104 e. The summed E-state index contributed by atoms with van der Waals surface area (Å²) in [5, 5.41) is 27.5. The number of allylic oxidation sites excluding steroid dienone is 4. The lowest BCUT2D eigenvalue weighted by Gasteiger charge is -2.31. The van der Waals surface area contributed by atoms with Gasteiger partial charge in [-0.15, -0.1) is 0 Å². The maximum Gasteiger partial charge on any atom is 0.104 e. The maximum absolute atomic E-state index is 10.1. The number of anilines is 8. The van der Waals surface area contributed by atoms with E-state index in [9.17, 15) is 10.8 Å². The third kappa shape index (κ3) is 13.7. The Morgan fingerprint density at radius 3 is 0.742 bits per heavy atom. The molecule has 0 saturated carbocycles. The normalized spacial score (nSPS) is 12.2. The fourth-order valence-corrected chi connectivity index (χ4v) is 19.1. The molecule has 1 aliphatic carbocycles. The van der Waals surface area contributed by atoms with E-state index in [0.29, 0.717) is 11.3 Å². The minimum absolute atomic E-state index is 0.111. The van der Waals surface area contributed by atoms with E-state index in [0.717, 1.165) is 157 Å². The molecule has 22 aromatic rings. The van der Waals surface area contributed by atoms with Gasteiger partial charge >= 0.3 is 0 Å². The molecule has 0 radical (unpaired) electrons. The number of hydrogen-bond acceptors (Lipinski definition) is 5. The molecular weight excluding hydrogens is 1550 g/mol. The number of benzene rings is 19. The fraction of sp³-hybridized carbons (Fsp3) is 0. The van der Waals surface area contributed by atoms with Crippen LogP contribution in [0.5, 0.6) is 0 Å². The summed E-state index contributed by atoms with van der Waals surface area (Å²) in [6.45, 7) is 0. The Morgan fingerprint density at radius 2 is 0.398 bits per heavy atom. The number of nitrogens with one attached hydrogen (secondary N) is 2. The first-order valence-electron chi connectivity index (χ1n) is 43.5. The summed E-state index contributed by atoms with van der Waals surface area (Å²) in [5.41, 5.74) is 34.0. The maximum atomic E-state index is 10.1. The second-order valence-corrected chi connectivity index (χ2v) is 32.8. The highest BCUT2D eigenvalue weighted by molar-refractivity contribution is 6.61. The van der Waals surface area contributed by atoms with Crippen molar-refractivity contribution in [2.45, 2.75) is 0 Å². The molecule has 8 heteroatoms. The van der Waals surface area contributed by atoms with Gasteiger partial charge in [-0.25, -0.2) is 0 Å². The van der Waals surface area contributed by atoms with Crippen LogP contribution in [0, 0.1) is 10.8 Å². The number of aromatic nitrogens is 3. The van der Waals surface area contributed by atoms with Gasteiger partial charge in [-0.1, -0.05) is 291 Å². The van der Waals surface area contributed by atoms with E-state index in [-0.39, 0.29) is 11.4 Å². The molecule has 0 aliphatic heterocycles. The second-order valence-electron chi connectivity index (χ2n) is 32.8. The molecule has 1 aliphatic rings. The summed E-state index contributed by atoms with van der Waals surface area (Å²) < 4.78 is 7.11. The SMILES string of the molecule is N=C1C(=N)C(N(c2ccc(-c3ccc(N(c4ccccc4)c4ccccc4)cc3)cc2)c2ccc(-c3cccc(N(c4ccccc4)c4ccccc4)c3)cc2)=CC=C1c1ccc(-n2c3ccc(-c4ccc(-c5ccc(-n6c7ccccc7c7ccccc76)cc5)cc4)cc3c3cc(-c4ccc(-c5ccc(-n6c7ccccc7c7ccccc76)cc5)cc4)ccc32)cc1. The van der Waals surface area contributed by atoms with Gasteiger partial charge in [0.2, 0.25) is 0 Å². The third-order valence-corrected chi connectivity index (χ3v) is 25.3. The van der Waals surface area contributed by atoms with Crippen LogP contribution in [0.1, 0.15) is 5.56 Å². The lowest BCUT2D eigenvalue weighted by atomic mass is 9.91. The summed E-state index contributed by atoms with van der Waals surface area (Å²) in [6.07, 6.45) is 4.03. The van der Waals surface area contributed by atoms with E-state index in [4.69, 9.17) is 0 Å². The minimum atomic E-state index is 0.111. The molecular formula is C120H82N8. The topological polar surface area (TPSA) is 72.2 Å². The minimum Gasteiger partial charge on any atom is -0.311 e. The first-order valence-corrected chi connectivity index (χ1v) is 43.5. The van der Waals surface area contributed by atoms with Crippen LogP contribution in [-0.2, 0) is 0 Å². The molecule has 3 aromatic heterocycles. The van der Waals surface area contributed by atoms with Gasteiger partial charge in [0.15, 0.2) is 0 Å². The summed E-state index contributed by atoms with van der Waals surface area (Å²) in [7, 11) is 0. The molecule has 8 nitrogen and oxygen atoms in total. The van der Waals surface area contributed by atoms with E-state index in [2.05, 4.69) is 489 Å². The molecule has 0 spiro atoms. The van der Waals surface area contributed by atoms with Gasteiger partial charge in [0, 0.05) is 100 Å². The molecule has 0 unspecified atom stereocenters. The summed E-state index contributed by atoms with van der Waals surface area (Å²) in [5.74, 6) is 0. The zero-order valence-electron chi connectivity index (χ0n) is 69.9. The lowest BCUT2D eigenvalue weighted by Crippen LogP contribution is -2.29. The standard InChI is InChI=1S/C120H82N8/c121-119-105(74-77-118(120(119)122)125(99-64-50-86(51-65-99)85-48-62-98(63-49-85)123(94-23-5-1-6-24-94)95-25-7-2-8-26-95)100-66-56-89(57-67-100)91-22-21-31-104(78-91)124(96-27-9-3-10-28-96)97-29-11-4-12-30-97)90-58-72-103(73-59-90)128-116-75-60-92(87-44-40-81(41-45-87)83-52-68-101(69-53-83)126-112-36-17-13-32-106(112)107-33-14-18-37-113(107)126)79-110(116)111-80-93(61-76-117(111)128)88-46-42-82(43-47-88)84-54-70-102(71-55-84)127-114-38-19-15-34-108(114)109-35-16-20-39-115(109)127/h1-80,121-122H. The van der Waals surface area contributed by atoms with Crippen molar-refractivity contribution >= 4 is 128 Å². The van der Waals surface area contributed by atoms with Crippen LogP contribution in [0.4, 0.5) is 45.5 Å². The van der Waals surface area contributed by atoms with Gasteiger partial charge in [-0.05, 0) is 266 Å². The highest BCUT2D eigenvalue weighted by Gasteiger charge is 2.28. The van der Waals surface area contributed by atoms with E-state index in [1.54, 1.807) is 0 Å². The lowest BCUT2D eigenvalue weighted by molar-refractivity contribution is 1.18. The van der Waals surface area contributed by atoms with Crippen molar-refractivity contribution in [3.63, 3.8) is 0 Å². The van der Waals surface area contributed by atoms with Crippen molar-refractivity contribution in [3.05, 3.63) is 497 Å². The summed E-state index contributed by atoms with van der Waals surface area (Å²) in [6, 6.07) is 169. The predicted octanol–water partition coefficient (Wildman–Crippen LogP) is 32.1. The number of fused-ring (bicyclic) bond motifs is 9. The van der Waals surface area contributed by atoms with Crippen LogP contribution in [0.2, 0.25) is 0 Å². The summed E-state index contributed by atoms with van der Waals surface area (Å²) >= 11 is 0. The largest absolute Gasteiger partial charge is 0.311 e. The van der Waals surface area contributed by atoms with Gasteiger partial charge in [0.05, 0.1) is 44.5 Å². The Bertz CT molecular complexity index is 7610. The van der Waals surface area contributed by atoms with Crippen molar-refractivity contribution in [1.29, 1.82) is 10.8 Å². The zero-order valence-corrected chi connectivity index (χ0v) is 69.9. The molecule has 19 aromatic carbocycles. The molecule has 128 heavy (non-hydrogen) atoms. The summed E-state index contributed by atoms with van der Waals surface area (Å²) in [4.78, 5) is 6.68. The number of rotatable bonds is 19. The van der Waals surface area contributed by atoms with Crippen molar-refractivity contribution in [1.82, 2.24) is 13.7 Å². The van der Waals surface area contributed by atoms with Crippen molar-refractivity contribution in [2.75, 3.05) is 14.7 Å². The Kier molecular flexibility index (Phi) is 19.1. The van der Waals surface area contributed by atoms with Crippen LogP contribution < -0.4 is 14.7 Å². The second kappa shape index (κ2) is 32.2. The molecule has 0 fully saturated rings. The van der Waals surface area contributed by atoms with Gasteiger partial charge in [0.1, 0.15) is 5.71 Å². The Hall–Kier alpha value is -17.2. The van der Waals surface area contributed by atoms with Gasteiger partial charge in [0.25, 0.3) is 0 Å². The van der Waals surface area contributed by atoms with Crippen molar-refractivity contribution < 1.29 is 0 Å². The van der Waals surface area contributed by atoms with Gasteiger partial charge in [-0.3, -0.25) is 10.8 Å².